The van der Waals surface area contributed by atoms with Gasteiger partial charge in [-0.15, -0.1) is 0 Å². The second kappa shape index (κ2) is 6.93. The lowest BCUT2D eigenvalue weighted by Gasteiger charge is -2.24. The summed E-state index contributed by atoms with van der Waals surface area (Å²) in [5, 5.41) is 6.07. The summed E-state index contributed by atoms with van der Waals surface area (Å²) in [6.07, 6.45) is 5.06. The lowest BCUT2D eigenvalue weighted by atomic mass is 10.1. The largest absolute Gasteiger partial charge is 0.341 e. The topological polar surface area (TPSA) is 86.4 Å². The van der Waals surface area contributed by atoms with Gasteiger partial charge in [0.05, 0.1) is 0 Å². The molecule has 0 atom stereocenters. The molecule has 2 fully saturated rings. The molecule has 1 saturated heterocycles. The van der Waals surface area contributed by atoms with E-state index in [1.54, 1.807) is 4.90 Å². The Morgan fingerprint density at radius 1 is 1.00 bits per heavy atom. The third-order valence-electron chi connectivity index (χ3n) is 4.70. The summed E-state index contributed by atoms with van der Waals surface area (Å²) >= 11 is 0. The maximum Gasteiger partial charge on any atom is 0.274 e. The average Bonchev–Trinajstić information content (AvgIpc) is 2.99. The SMILES string of the molecule is O=C(c1ccc(=O)[nH]n1)N1CCCN(C(=O)C2CCCC2)CC1. The molecule has 0 aromatic carbocycles. The molecule has 1 aromatic rings. The number of aromatic nitrogens is 2. The van der Waals surface area contributed by atoms with Crippen molar-refractivity contribution in [1.82, 2.24) is 20.0 Å². The molecule has 7 nitrogen and oxygen atoms in total. The summed E-state index contributed by atoms with van der Waals surface area (Å²) in [6, 6.07) is 2.74. The lowest BCUT2D eigenvalue weighted by Crippen LogP contribution is -2.39. The predicted molar refractivity (Wildman–Crippen MR) is 83.9 cm³/mol. The van der Waals surface area contributed by atoms with Crippen LogP contribution in [0.3, 0.4) is 0 Å². The van der Waals surface area contributed by atoms with Crippen molar-refractivity contribution in [2.24, 2.45) is 5.92 Å². The van der Waals surface area contributed by atoms with Crippen LogP contribution >= 0.6 is 0 Å². The monoisotopic (exact) mass is 318 g/mol. The van der Waals surface area contributed by atoms with E-state index in [2.05, 4.69) is 10.2 Å². The summed E-state index contributed by atoms with van der Waals surface area (Å²) in [4.78, 5) is 39.6. The van der Waals surface area contributed by atoms with Crippen molar-refractivity contribution >= 4 is 11.8 Å². The molecule has 124 valence electrons. The van der Waals surface area contributed by atoms with Gasteiger partial charge >= 0.3 is 0 Å². The Hall–Kier alpha value is -2.18. The van der Waals surface area contributed by atoms with Crippen LogP contribution in [0.4, 0.5) is 0 Å². The van der Waals surface area contributed by atoms with Crippen LogP contribution in [0.25, 0.3) is 0 Å². The third-order valence-corrected chi connectivity index (χ3v) is 4.70. The predicted octanol–water partition coefficient (Wildman–Crippen LogP) is 0.635. The lowest BCUT2D eigenvalue weighted by molar-refractivity contribution is -0.135. The molecule has 23 heavy (non-hydrogen) atoms. The number of nitrogens with zero attached hydrogens (tertiary/aromatic N) is 3. The highest BCUT2D eigenvalue weighted by Crippen LogP contribution is 2.27. The van der Waals surface area contributed by atoms with Crippen LogP contribution < -0.4 is 5.56 Å². The van der Waals surface area contributed by atoms with Crippen LogP contribution in [0.1, 0.15) is 42.6 Å². The van der Waals surface area contributed by atoms with E-state index in [-0.39, 0.29) is 29.0 Å². The molecule has 0 unspecified atom stereocenters. The maximum absolute atomic E-state index is 12.5. The maximum atomic E-state index is 12.5. The van der Waals surface area contributed by atoms with Gasteiger partial charge in [-0.05, 0) is 25.3 Å². The summed E-state index contributed by atoms with van der Waals surface area (Å²) in [6.45, 7) is 2.40. The molecule has 7 heteroatoms. The van der Waals surface area contributed by atoms with E-state index in [4.69, 9.17) is 0 Å². The summed E-state index contributed by atoms with van der Waals surface area (Å²) in [5.74, 6) is 0.230. The van der Waals surface area contributed by atoms with Crippen molar-refractivity contribution in [3.8, 4) is 0 Å². The number of aromatic amines is 1. The Labute approximate surface area is 134 Å². The number of nitrogens with one attached hydrogen (secondary N) is 1. The first kappa shape index (κ1) is 15.7. The van der Waals surface area contributed by atoms with Crippen LogP contribution in [0.2, 0.25) is 0 Å². The minimum Gasteiger partial charge on any atom is -0.341 e. The molecule has 3 rings (SSSR count). The number of hydrogen-bond donors (Lipinski definition) is 1. The van der Waals surface area contributed by atoms with Gasteiger partial charge in [-0.1, -0.05) is 12.8 Å². The summed E-state index contributed by atoms with van der Waals surface area (Å²) in [5.41, 5.74) is -0.0917. The van der Waals surface area contributed by atoms with E-state index in [1.165, 1.54) is 12.1 Å². The van der Waals surface area contributed by atoms with Crippen molar-refractivity contribution in [3.05, 3.63) is 28.2 Å². The van der Waals surface area contributed by atoms with Crippen LogP contribution in [0.15, 0.2) is 16.9 Å². The molecule has 1 aromatic heterocycles. The zero-order valence-electron chi connectivity index (χ0n) is 13.2. The smallest absolute Gasteiger partial charge is 0.274 e. The molecule has 1 aliphatic heterocycles. The molecule has 2 heterocycles. The standard InChI is InChI=1S/C16H22N4O3/c21-14-7-6-13(17-18-14)16(23)20-9-3-8-19(10-11-20)15(22)12-4-1-2-5-12/h6-7,12H,1-5,8-11H2,(H,18,21). The quantitative estimate of drug-likeness (QED) is 0.867. The Bertz CT molecular complexity index is 616. The molecule has 2 amide bonds. The van der Waals surface area contributed by atoms with Gasteiger partial charge in [-0.3, -0.25) is 14.4 Å². The summed E-state index contributed by atoms with van der Waals surface area (Å²) < 4.78 is 0. The van der Waals surface area contributed by atoms with Crippen molar-refractivity contribution in [2.75, 3.05) is 26.2 Å². The fraction of sp³-hybridized carbons (Fsp3) is 0.625. The van der Waals surface area contributed by atoms with E-state index in [1.807, 2.05) is 4.90 Å². The fourth-order valence-electron chi connectivity index (χ4n) is 3.40. The van der Waals surface area contributed by atoms with Crippen LogP contribution in [-0.4, -0.2) is 58.0 Å². The van der Waals surface area contributed by atoms with E-state index >= 15 is 0 Å². The molecular weight excluding hydrogens is 296 g/mol. The molecular formula is C16H22N4O3. The number of carbonyl (C=O) groups excluding carboxylic acids is 2. The first-order valence-electron chi connectivity index (χ1n) is 8.29. The highest BCUT2D eigenvalue weighted by molar-refractivity contribution is 5.92. The van der Waals surface area contributed by atoms with Crippen molar-refractivity contribution in [3.63, 3.8) is 0 Å². The molecule has 0 bridgehead atoms. The molecule has 0 spiro atoms. The minimum atomic E-state index is -0.328. The minimum absolute atomic E-state index is 0.179. The Morgan fingerprint density at radius 2 is 1.70 bits per heavy atom. The average molecular weight is 318 g/mol. The van der Waals surface area contributed by atoms with Crippen LogP contribution in [0, 0.1) is 5.92 Å². The summed E-state index contributed by atoms with van der Waals surface area (Å²) in [7, 11) is 0. The first-order chi connectivity index (χ1) is 11.1. The van der Waals surface area contributed by atoms with Crippen LogP contribution in [-0.2, 0) is 4.79 Å². The number of amides is 2. The third kappa shape index (κ3) is 3.60. The fourth-order valence-corrected chi connectivity index (χ4v) is 3.40. The van der Waals surface area contributed by atoms with Gasteiger partial charge < -0.3 is 9.80 Å². The van der Waals surface area contributed by atoms with E-state index in [0.29, 0.717) is 26.2 Å². The first-order valence-corrected chi connectivity index (χ1v) is 8.29. The van der Waals surface area contributed by atoms with Gasteiger partial charge in [0.2, 0.25) is 5.91 Å². The van der Waals surface area contributed by atoms with Gasteiger partial charge in [0.1, 0.15) is 5.69 Å². The molecule has 2 aliphatic rings. The molecule has 1 N–H and O–H groups in total. The Balaban J connectivity index is 1.61. The van der Waals surface area contributed by atoms with Crippen LogP contribution in [0.5, 0.6) is 0 Å². The van der Waals surface area contributed by atoms with Gasteiger partial charge in [0.25, 0.3) is 11.5 Å². The molecule has 0 radical (unpaired) electrons. The van der Waals surface area contributed by atoms with Crippen molar-refractivity contribution in [1.29, 1.82) is 0 Å². The number of hydrogen-bond acceptors (Lipinski definition) is 4. The van der Waals surface area contributed by atoms with Gasteiger partial charge in [0, 0.05) is 38.2 Å². The number of carbonyl (C=O) groups is 2. The van der Waals surface area contributed by atoms with Crippen molar-refractivity contribution in [2.45, 2.75) is 32.1 Å². The number of H-pyrrole nitrogens is 1. The van der Waals surface area contributed by atoms with Gasteiger partial charge in [0.15, 0.2) is 0 Å². The normalized spacial score (nSPS) is 19.7. The Morgan fingerprint density at radius 3 is 2.39 bits per heavy atom. The second-order valence-electron chi connectivity index (χ2n) is 6.26. The van der Waals surface area contributed by atoms with Crippen molar-refractivity contribution < 1.29 is 9.59 Å². The van der Waals surface area contributed by atoms with E-state index in [0.717, 1.165) is 32.1 Å². The molecule has 1 saturated carbocycles. The molecule has 1 aliphatic carbocycles. The highest BCUT2D eigenvalue weighted by Gasteiger charge is 2.29. The zero-order chi connectivity index (χ0) is 16.2. The van der Waals surface area contributed by atoms with Gasteiger partial charge in [-0.25, -0.2) is 5.10 Å². The second-order valence-corrected chi connectivity index (χ2v) is 6.26. The highest BCUT2D eigenvalue weighted by atomic mass is 16.2. The number of rotatable bonds is 2. The zero-order valence-corrected chi connectivity index (χ0v) is 13.2. The Kier molecular flexibility index (Phi) is 4.73. The van der Waals surface area contributed by atoms with Gasteiger partial charge in [-0.2, -0.15) is 5.10 Å². The van der Waals surface area contributed by atoms with E-state index in [9.17, 15) is 14.4 Å². The van der Waals surface area contributed by atoms with E-state index < -0.39 is 0 Å².